The van der Waals surface area contributed by atoms with Crippen LogP contribution in [0.15, 0.2) is 42.6 Å². The first-order valence-electron chi connectivity index (χ1n) is 11.2. The third-order valence-electron chi connectivity index (χ3n) is 5.93. The Hall–Kier alpha value is -3.48. The molecule has 0 spiro atoms. The number of nitrogens with one attached hydrogen (secondary N) is 2. The molecule has 7 heteroatoms. The molecule has 2 amide bonds. The molecule has 3 heterocycles. The molecule has 0 radical (unpaired) electrons. The SMILES string of the molecule is CCC1CCCCN1C(=O)c1cnc2nc(C)ccc2c1Nc1ccc(NC(C)=O)cc1. The normalized spacial score (nSPS) is 16.1. The van der Waals surface area contributed by atoms with Crippen molar-refractivity contribution in [2.45, 2.75) is 52.5 Å². The van der Waals surface area contributed by atoms with Gasteiger partial charge in [-0.15, -0.1) is 0 Å². The Morgan fingerprint density at radius 1 is 1.09 bits per heavy atom. The molecule has 1 aromatic carbocycles. The fraction of sp³-hybridized carbons (Fsp3) is 0.360. The number of hydrogen-bond donors (Lipinski definition) is 2. The summed E-state index contributed by atoms with van der Waals surface area (Å²) in [7, 11) is 0. The summed E-state index contributed by atoms with van der Waals surface area (Å²) in [6.45, 7) is 6.31. The number of fused-ring (bicyclic) bond motifs is 1. The first kappa shape index (κ1) is 21.7. The van der Waals surface area contributed by atoms with Crippen molar-refractivity contribution < 1.29 is 9.59 Å². The number of benzene rings is 1. The van der Waals surface area contributed by atoms with Crippen molar-refractivity contribution in [2.75, 3.05) is 17.2 Å². The number of rotatable bonds is 5. The number of anilines is 3. The van der Waals surface area contributed by atoms with Crippen molar-refractivity contribution >= 4 is 39.9 Å². The maximum absolute atomic E-state index is 13.6. The Balaban J connectivity index is 1.74. The van der Waals surface area contributed by atoms with Crippen LogP contribution in [0.4, 0.5) is 17.1 Å². The van der Waals surface area contributed by atoms with E-state index in [4.69, 9.17) is 0 Å². The average Bonchev–Trinajstić information content (AvgIpc) is 2.79. The summed E-state index contributed by atoms with van der Waals surface area (Å²) in [5.74, 6) is -0.115. The van der Waals surface area contributed by atoms with E-state index >= 15 is 0 Å². The van der Waals surface area contributed by atoms with Crippen molar-refractivity contribution in [3.63, 3.8) is 0 Å². The second-order valence-corrected chi connectivity index (χ2v) is 8.31. The average molecular weight is 432 g/mol. The van der Waals surface area contributed by atoms with Crippen LogP contribution in [0.5, 0.6) is 0 Å². The molecule has 1 aliphatic rings. The zero-order chi connectivity index (χ0) is 22.7. The summed E-state index contributed by atoms with van der Waals surface area (Å²) >= 11 is 0. The number of pyridine rings is 2. The molecule has 0 bridgehead atoms. The number of likely N-dealkylation sites (tertiary alicyclic amines) is 1. The van der Waals surface area contributed by atoms with Crippen molar-refractivity contribution in [2.24, 2.45) is 0 Å². The molecule has 7 nitrogen and oxygen atoms in total. The molecule has 166 valence electrons. The van der Waals surface area contributed by atoms with Gasteiger partial charge in [-0.1, -0.05) is 6.92 Å². The molecule has 1 atom stereocenters. The van der Waals surface area contributed by atoms with Gasteiger partial charge < -0.3 is 15.5 Å². The van der Waals surface area contributed by atoms with Gasteiger partial charge in [0.25, 0.3) is 5.91 Å². The molecular formula is C25H29N5O2. The van der Waals surface area contributed by atoms with Crippen LogP contribution < -0.4 is 10.6 Å². The van der Waals surface area contributed by atoms with Gasteiger partial charge in [0.15, 0.2) is 5.65 Å². The Morgan fingerprint density at radius 3 is 2.56 bits per heavy atom. The van der Waals surface area contributed by atoms with E-state index < -0.39 is 0 Å². The number of hydrogen-bond acceptors (Lipinski definition) is 5. The van der Waals surface area contributed by atoms with E-state index in [0.717, 1.165) is 54.7 Å². The zero-order valence-electron chi connectivity index (χ0n) is 18.8. The number of amides is 2. The van der Waals surface area contributed by atoms with Crippen molar-refractivity contribution in [1.82, 2.24) is 14.9 Å². The maximum Gasteiger partial charge on any atom is 0.257 e. The summed E-state index contributed by atoms with van der Waals surface area (Å²) in [5.41, 5.74) is 4.26. The minimum Gasteiger partial charge on any atom is -0.354 e. The smallest absolute Gasteiger partial charge is 0.257 e. The third-order valence-corrected chi connectivity index (χ3v) is 5.93. The van der Waals surface area contributed by atoms with Crippen LogP contribution in [-0.2, 0) is 4.79 Å². The fourth-order valence-electron chi connectivity index (χ4n) is 4.30. The number of nitrogens with zero attached hydrogens (tertiary/aromatic N) is 3. The molecule has 1 unspecified atom stereocenters. The lowest BCUT2D eigenvalue weighted by Crippen LogP contribution is -2.43. The topological polar surface area (TPSA) is 87.2 Å². The Morgan fingerprint density at radius 2 is 1.84 bits per heavy atom. The highest BCUT2D eigenvalue weighted by Crippen LogP contribution is 2.32. The van der Waals surface area contributed by atoms with Crippen LogP contribution in [0.25, 0.3) is 11.0 Å². The monoisotopic (exact) mass is 431 g/mol. The number of carbonyl (C=O) groups excluding carboxylic acids is 2. The molecule has 3 aromatic rings. The first-order valence-corrected chi connectivity index (χ1v) is 11.2. The molecule has 2 aromatic heterocycles. The summed E-state index contributed by atoms with van der Waals surface area (Å²) in [4.78, 5) is 36.0. The summed E-state index contributed by atoms with van der Waals surface area (Å²) in [5, 5.41) is 7.00. The van der Waals surface area contributed by atoms with Gasteiger partial charge in [-0.3, -0.25) is 9.59 Å². The van der Waals surface area contributed by atoms with Gasteiger partial charge in [0.2, 0.25) is 5.91 Å². The summed E-state index contributed by atoms with van der Waals surface area (Å²) in [6, 6.07) is 11.6. The largest absolute Gasteiger partial charge is 0.354 e. The molecule has 1 saturated heterocycles. The third kappa shape index (κ3) is 4.56. The van der Waals surface area contributed by atoms with E-state index in [1.807, 2.05) is 48.2 Å². The van der Waals surface area contributed by atoms with Crippen LogP contribution in [-0.4, -0.2) is 39.3 Å². The Kier molecular flexibility index (Phi) is 6.35. The van der Waals surface area contributed by atoms with Gasteiger partial charge in [-0.25, -0.2) is 9.97 Å². The van der Waals surface area contributed by atoms with Crippen LogP contribution in [0.2, 0.25) is 0 Å². The molecule has 1 fully saturated rings. The molecule has 0 saturated carbocycles. The second-order valence-electron chi connectivity index (χ2n) is 8.31. The highest BCUT2D eigenvalue weighted by atomic mass is 16.2. The standard InChI is InChI=1S/C25H29N5O2/c1-4-20-7-5-6-14-30(20)25(32)22-15-26-24-21(13-8-16(2)27-24)23(22)29-19-11-9-18(10-12-19)28-17(3)31/h8-13,15,20H,4-7,14H2,1-3H3,(H,28,31)(H,26,27,29). The number of carbonyl (C=O) groups is 2. The molecule has 32 heavy (non-hydrogen) atoms. The van der Waals surface area contributed by atoms with Gasteiger partial charge in [-0.2, -0.15) is 0 Å². The first-order chi connectivity index (χ1) is 15.5. The fourth-order valence-corrected chi connectivity index (χ4v) is 4.30. The molecular weight excluding hydrogens is 402 g/mol. The van der Waals surface area contributed by atoms with E-state index in [0.29, 0.717) is 16.9 Å². The predicted octanol–water partition coefficient (Wildman–Crippen LogP) is 5.04. The van der Waals surface area contributed by atoms with Crippen molar-refractivity contribution in [3.05, 3.63) is 53.9 Å². The second kappa shape index (κ2) is 9.34. The molecule has 4 rings (SSSR count). The van der Waals surface area contributed by atoms with E-state index in [1.165, 1.54) is 6.92 Å². The number of piperidine rings is 1. The van der Waals surface area contributed by atoms with Crippen LogP contribution in [0.3, 0.4) is 0 Å². The minimum absolute atomic E-state index is 0.00360. The van der Waals surface area contributed by atoms with Crippen molar-refractivity contribution in [3.8, 4) is 0 Å². The Labute approximate surface area is 188 Å². The van der Waals surface area contributed by atoms with Gasteiger partial charge in [-0.05, 0) is 69.0 Å². The molecule has 2 N–H and O–H groups in total. The van der Waals surface area contributed by atoms with E-state index in [1.54, 1.807) is 6.20 Å². The quantitative estimate of drug-likeness (QED) is 0.591. The lowest BCUT2D eigenvalue weighted by atomic mass is 9.98. The van der Waals surface area contributed by atoms with E-state index in [9.17, 15) is 9.59 Å². The molecule has 0 aliphatic carbocycles. The van der Waals surface area contributed by atoms with E-state index in [-0.39, 0.29) is 17.9 Å². The van der Waals surface area contributed by atoms with Gasteiger partial charge >= 0.3 is 0 Å². The molecule has 1 aliphatic heterocycles. The highest BCUT2D eigenvalue weighted by molar-refractivity contribution is 6.07. The van der Waals surface area contributed by atoms with Gasteiger partial charge in [0, 0.05) is 48.2 Å². The number of aromatic nitrogens is 2. The Bertz CT molecular complexity index is 1140. The summed E-state index contributed by atoms with van der Waals surface area (Å²) in [6.07, 6.45) is 5.81. The lowest BCUT2D eigenvalue weighted by molar-refractivity contribution is -0.114. The van der Waals surface area contributed by atoms with Crippen LogP contribution in [0, 0.1) is 6.92 Å². The van der Waals surface area contributed by atoms with E-state index in [2.05, 4.69) is 27.5 Å². The van der Waals surface area contributed by atoms with Gasteiger partial charge in [0.05, 0.1) is 11.3 Å². The lowest BCUT2D eigenvalue weighted by Gasteiger charge is -2.35. The predicted molar refractivity (Wildman–Crippen MR) is 127 cm³/mol. The minimum atomic E-state index is -0.118. The van der Waals surface area contributed by atoms with Crippen LogP contribution in [0.1, 0.15) is 55.6 Å². The number of aryl methyl sites for hydroxylation is 1. The maximum atomic E-state index is 13.6. The van der Waals surface area contributed by atoms with Crippen molar-refractivity contribution in [1.29, 1.82) is 0 Å². The highest BCUT2D eigenvalue weighted by Gasteiger charge is 2.28. The van der Waals surface area contributed by atoms with Crippen LogP contribution >= 0.6 is 0 Å². The van der Waals surface area contributed by atoms with Gasteiger partial charge in [0.1, 0.15) is 0 Å². The zero-order valence-corrected chi connectivity index (χ0v) is 18.8. The summed E-state index contributed by atoms with van der Waals surface area (Å²) < 4.78 is 0.